The molecule has 1 spiro atoms. The number of benzene rings is 1. The van der Waals surface area contributed by atoms with Gasteiger partial charge in [0.1, 0.15) is 18.3 Å². The Labute approximate surface area is 279 Å². The first-order valence-corrected chi connectivity index (χ1v) is 16.9. The summed E-state index contributed by atoms with van der Waals surface area (Å²) in [5.41, 5.74) is 3.84. The molecule has 0 N–H and O–H groups in total. The predicted molar refractivity (Wildman–Crippen MR) is 178 cm³/mol. The van der Waals surface area contributed by atoms with Gasteiger partial charge in [0.2, 0.25) is 5.88 Å². The summed E-state index contributed by atoms with van der Waals surface area (Å²) in [6.07, 6.45) is 7.89. The van der Waals surface area contributed by atoms with Crippen molar-refractivity contribution in [3.8, 4) is 17.0 Å². The number of nitrogens with zero attached hydrogens (tertiary/aromatic N) is 4. The molecule has 7 rings (SSSR count). The van der Waals surface area contributed by atoms with Gasteiger partial charge in [-0.15, -0.1) is 0 Å². The fraction of sp³-hybridized carbons (Fsp3) is 0.541. The van der Waals surface area contributed by atoms with Crippen molar-refractivity contribution < 1.29 is 32.5 Å². The fourth-order valence-electron chi connectivity index (χ4n) is 7.17. The second-order valence-corrected chi connectivity index (χ2v) is 14.9. The summed E-state index contributed by atoms with van der Waals surface area (Å²) in [6, 6.07) is 12.3. The number of aromatic nitrogens is 3. The van der Waals surface area contributed by atoms with Crippen LogP contribution in [0.2, 0.25) is 0 Å². The van der Waals surface area contributed by atoms with Crippen LogP contribution in [0.3, 0.4) is 0 Å². The van der Waals surface area contributed by atoms with Gasteiger partial charge in [0.25, 0.3) is 5.92 Å². The van der Waals surface area contributed by atoms with E-state index < -0.39 is 18.1 Å². The minimum atomic E-state index is -2.89. The molecule has 9 nitrogen and oxygen atoms in total. The summed E-state index contributed by atoms with van der Waals surface area (Å²) >= 11 is 0. The van der Waals surface area contributed by atoms with Crippen molar-refractivity contribution in [2.45, 2.75) is 89.1 Å². The first-order chi connectivity index (χ1) is 22.9. The van der Waals surface area contributed by atoms with Crippen molar-refractivity contribution >= 4 is 27.9 Å². The van der Waals surface area contributed by atoms with Crippen LogP contribution in [0.4, 0.5) is 13.6 Å². The van der Waals surface area contributed by atoms with Crippen LogP contribution in [-0.2, 0) is 21.3 Å². The van der Waals surface area contributed by atoms with E-state index in [-0.39, 0.29) is 49.3 Å². The Morgan fingerprint density at radius 1 is 0.938 bits per heavy atom. The zero-order valence-corrected chi connectivity index (χ0v) is 28.1. The standard InChI is InChI=1S/C37H44F2N4O5/c1-35(2,3)48-34(44)43-21-36(22-43)17-28(18-36)46-23-37(38,39)11-5-13-45-26-15-27(16-26)47-33-9-7-25(19-41-33)24-6-8-29-30-20-40-12-10-31(30)42(4)32(29)14-24/h6-10,12,14,19-20,26-28H,5,11,13,15-18,21-23H2,1-4H3. The van der Waals surface area contributed by atoms with Gasteiger partial charge in [-0.2, -0.15) is 0 Å². The van der Waals surface area contributed by atoms with Crippen LogP contribution in [0.25, 0.3) is 32.9 Å². The fourth-order valence-corrected chi connectivity index (χ4v) is 7.17. The Morgan fingerprint density at radius 2 is 1.71 bits per heavy atom. The van der Waals surface area contributed by atoms with E-state index in [1.165, 1.54) is 5.39 Å². The van der Waals surface area contributed by atoms with E-state index in [2.05, 4.69) is 39.8 Å². The third-order valence-electron chi connectivity index (χ3n) is 9.81. The molecule has 4 heterocycles. The number of carbonyl (C=O) groups is 1. The third kappa shape index (κ3) is 6.98. The molecule has 1 aliphatic heterocycles. The molecule has 256 valence electrons. The van der Waals surface area contributed by atoms with Gasteiger partial charge in [-0.05, 0) is 63.8 Å². The molecule has 48 heavy (non-hydrogen) atoms. The highest BCUT2D eigenvalue weighted by atomic mass is 19.3. The Bertz CT molecular complexity index is 1770. The highest BCUT2D eigenvalue weighted by Crippen LogP contribution is 2.50. The lowest BCUT2D eigenvalue weighted by Gasteiger charge is -2.58. The van der Waals surface area contributed by atoms with Crippen LogP contribution < -0.4 is 4.74 Å². The largest absolute Gasteiger partial charge is 0.474 e. The monoisotopic (exact) mass is 662 g/mol. The quantitative estimate of drug-likeness (QED) is 0.153. The highest BCUT2D eigenvalue weighted by Gasteiger charge is 2.55. The molecule has 4 aromatic rings. The van der Waals surface area contributed by atoms with E-state index in [9.17, 15) is 13.6 Å². The molecule has 3 aliphatic rings. The van der Waals surface area contributed by atoms with Gasteiger partial charge in [0, 0.05) is 97.9 Å². The first kappa shape index (κ1) is 32.7. The molecule has 3 fully saturated rings. The molecule has 1 amide bonds. The number of aryl methyl sites for hydroxylation is 1. The number of halogens is 2. The maximum absolute atomic E-state index is 14.5. The Balaban J connectivity index is 0.773. The summed E-state index contributed by atoms with van der Waals surface area (Å²) in [4.78, 5) is 22.6. The molecule has 11 heteroatoms. The number of likely N-dealkylation sites (tertiary alicyclic amines) is 1. The molecule has 1 saturated heterocycles. The predicted octanol–water partition coefficient (Wildman–Crippen LogP) is 7.55. The SMILES string of the molecule is Cn1c2ccncc2c2ccc(-c3ccc(OC4CC(OCCCC(F)(F)COC5CC6(C5)CN(C(=O)OC(C)(C)C)C6)C4)nc3)cc21. The maximum atomic E-state index is 14.5. The van der Waals surface area contributed by atoms with Crippen molar-refractivity contribution in [2.24, 2.45) is 12.5 Å². The molecule has 2 aliphatic carbocycles. The van der Waals surface area contributed by atoms with E-state index in [0.717, 1.165) is 27.5 Å². The molecule has 0 unspecified atom stereocenters. The van der Waals surface area contributed by atoms with Gasteiger partial charge in [-0.1, -0.05) is 12.1 Å². The number of rotatable bonds is 11. The number of pyridine rings is 2. The van der Waals surface area contributed by atoms with Gasteiger partial charge >= 0.3 is 6.09 Å². The van der Waals surface area contributed by atoms with E-state index in [1.54, 1.807) is 4.90 Å². The van der Waals surface area contributed by atoms with Crippen molar-refractivity contribution in [1.29, 1.82) is 0 Å². The minimum Gasteiger partial charge on any atom is -0.474 e. The number of hydrogen-bond donors (Lipinski definition) is 0. The van der Waals surface area contributed by atoms with Crippen molar-refractivity contribution in [3.05, 3.63) is 55.0 Å². The van der Waals surface area contributed by atoms with E-state index in [4.69, 9.17) is 18.9 Å². The van der Waals surface area contributed by atoms with Gasteiger partial charge in [-0.3, -0.25) is 4.98 Å². The smallest absolute Gasteiger partial charge is 0.410 e. The number of alkyl halides is 2. The summed E-state index contributed by atoms with van der Waals surface area (Å²) in [6.45, 7) is 6.43. The minimum absolute atomic E-state index is 0.000933. The van der Waals surface area contributed by atoms with Crippen LogP contribution in [-0.4, -0.2) is 81.7 Å². The topological polar surface area (TPSA) is 87.9 Å². The number of carbonyl (C=O) groups excluding carboxylic acids is 1. The highest BCUT2D eigenvalue weighted by molar-refractivity contribution is 6.08. The molecular weight excluding hydrogens is 618 g/mol. The molecule has 0 radical (unpaired) electrons. The average molecular weight is 663 g/mol. The summed E-state index contributed by atoms with van der Waals surface area (Å²) in [5.74, 6) is -2.33. The van der Waals surface area contributed by atoms with Gasteiger partial charge in [-0.25, -0.2) is 18.6 Å². The van der Waals surface area contributed by atoms with Crippen LogP contribution in [0.1, 0.15) is 59.3 Å². The number of amides is 1. The van der Waals surface area contributed by atoms with E-state index in [1.807, 2.05) is 57.6 Å². The lowest BCUT2D eigenvalue weighted by molar-refractivity contribution is -0.179. The Kier molecular flexibility index (Phi) is 8.56. The molecule has 0 bridgehead atoms. The van der Waals surface area contributed by atoms with E-state index >= 15 is 0 Å². The van der Waals surface area contributed by atoms with Crippen LogP contribution >= 0.6 is 0 Å². The third-order valence-corrected chi connectivity index (χ3v) is 9.81. The zero-order valence-electron chi connectivity index (χ0n) is 28.1. The summed E-state index contributed by atoms with van der Waals surface area (Å²) < 4.78 is 53.9. The second-order valence-electron chi connectivity index (χ2n) is 14.9. The number of fused-ring (bicyclic) bond motifs is 3. The average Bonchev–Trinajstić information content (AvgIpc) is 3.26. The molecular formula is C37H44F2N4O5. The second kappa shape index (κ2) is 12.6. The maximum Gasteiger partial charge on any atom is 0.410 e. The molecule has 1 aromatic carbocycles. The van der Waals surface area contributed by atoms with E-state index in [0.29, 0.717) is 44.7 Å². The molecule has 3 aromatic heterocycles. The molecule has 2 saturated carbocycles. The molecule has 0 atom stereocenters. The van der Waals surface area contributed by atoms with Crippen molar-refractivity contribution in [1.82, 2.24) is 19.4 Å². The van der Waals surface area contributed by atoms with Crippen LogP contribution in [0.5, 0.6) is 5.88 Å². The lowest BCUT2D eigenvalue weighted by Crippen LogP contribution is -2.66. The van der Waals surface area contributed by atoms with Crippen LogP contribution in [0.15, 0.2) is 55.0 Å². The lowest BCUT2D eigenvalue weighted by atomic mass is 9.62. The van der Waals surface area contributed by atoms with Crippen molar-refractivity contribution in [2.75, 3.05) is 26.3 Å². The first-order valence-electron chi connectivity index (χ1n) is 16.9. The normalized spacial score (nSPS) is 20.8. The van der Waals surface area contributed by atoms with Crippen molar-refractivity contribution in [3.63, 3.8) is 0 Å². The van der Waals surface area contributed by atoms with Gasteiger partial charge in [0.15, 0.2) is 0 Å². The summed E-state index contributed by atoms with van der Waals surface area (Å²) in [7, 11) is 2.06. The van der Waals surface area contributed by atoms with Crippen LogP contribution in [0, 0.1) is 5.41 Å². The number of hydrogen-bond acceptors (Lipinski definition) is 7. The van der Waals surface area contributed by atoms with Gasteiger partial charge < -0.3 is 28.4 Å². The zero-order chi connectivity index (χ0) is 33.7. The summed E-state index contributed by atoms with van der Waals surface area (Å²) in [5, 5.41) is 2.31. The number of ether oxygens (including phenoxy) is 4. The van der Waals surface area contributed by atoms with Gasteiger partial charge in [0.05, 0.1) is 17.7 Å². The Morgan fingerprint density at radius 3 is 2.44 bits per heavy atom. The Hall–Kier alpha value is -3.83.